The van der Waals surface area contributed by atoms with E-state index in [4.69, 9.17) is 9.47 Å². The molecule has 0 aromatic heterocycles. The Bertz CT molecular complexity index is 615. The highest BCUT2D eigenvalue weighted by Crippen LogP contribution is 2.29. The zero-order valence-electron chi connectivity index (χ0n) is 10.8. The molecule has 104 valence electrons. The van der Waals surface area contributed by atoms with E-state index < -0.39 is 0 Å². The summed E-state index contributed by atoms with van der Waals surface area (Å²) in [5, 5.41) is 0.800. The molecule has 0 N–H and O–H groups in total. The Labute approximate surface area is 125 Å². The van der Waals surface area contributed by atoms with Crippen LogP contribution in [0.25, 0.3) is 0 Å². The van der Waals surface area contributed by atoms with Crippen LogP contribution in [0.5, 0.6) is 11.5 Å². The van der Waals surface area contributed by atoms with Crippen LogP contribution in [0.1, 0.15) is 11.1 Å². The molecule has 2 aromatic rings. The summed E-state index contributed by atoms with van der Waals surface area (Å²) >= 11 is 3.42. The Morgan fingerprint density at radius 3 is 3.00 bits per heavy atom. The summed E-state index contributed by atoms with van der Waals surface area (Å²) < 4.78 is 24.6. The van der Waals surface area contributed by atoms with Crippen LogP contribution >= 0.6 is 15.9 Å². The van der Waals surface area contributed by atoms with Gasteiger partial charge in [-0.1, -0.05) is 28.1 Å². The first-order chi connectivity index (χ1) is 9.74. The Kier molecular flexibility index (Phi) is 3.92. The smallest absolute Gasteiger partial charge is 0.137 e. The highest BCUT2D eigenvalue weighted by molar-refractivity contribution is 9.08. The lowest BCUT2D eigenvalue weighted by molar-refractivity contribution is 0.148. The standard InChI is InChI=1S/C16H14BrFO2/c17-9-11-2-1-3-14(6-11)19-10-15-8-12-7-13(18)4-5-16(12)20-15/h1-7,15H,8-10H2. The van der Waals surface area contributed by atoms with Gasteiger partial charge in [0.05, 0.1) is 0 Å². The fourth-order valence-corrected chi connectivity index (χ4v) is 2.64. The maximum Gasteiger partial charge on any atom is 0.137 e. The monoisotopic (exact) mass is 336 g/mol. The lowest BCUT2D eigenvalue weighted by atomic mass is 10.1. The number of alkyl halides is 1. The number of halogens is 2. The summed E-state index contributed by atoms with van der Waals surface area (Å²) in [4.78, 5) is 0. The second-order valence-electron chi connectivity index (χ2n) is 4.79. The lowest BCUT2D eigenvalue weighted by Gasteiger charge is -2.12. The molecule has 0 saturated carbocycles. The van der Waals surface area contributed by atoms with Gasteiger partial charge in [-0.3, -0.25) is 0 Å². The maximum atomic E-state index is 13.1. The number of benzene rings is 2. The van der Waals surface area contributed by atoms with Crippen molar-refractivity contribution in [1.29, 1.82) is 0 Å². The average molecular weight is 337 g/mol. The minimum absolute atomic E-state index is 0.0561. The average Bonchev–Trinajstić information content (AvgIpc) is 2.87. The van der Waals surface area contributed by atoms with E-state index in [2.05, 4.69) is 15.9 Å². The van der Waals surface area contributed by atoms with Gasteiger partial charge in [-0.2, -0.15) is 0 Å². The molecule has 1 aliphatic rings. The van der Waals surface area contributed by atoms with E-state index in [-0.39, 0.29) is 11.9 Å². The van der Waals surface area contributed by atoms with Gasteiger partial charge in [0, 0.05) is 17.3 Å². The molecule has 3 rings (SSSR count). The molecule has 2 nitrogen and oxygen atoms in total. The molecule has 4 heteroatoms. The Balaban J connectivity index is 1.60. The van der Waals surface area contributed by atoms with Gasteiger partial charge in [0.1, 0.15) is 30.0 Å². The summed E-state index contributed by atoms with van der Waals surface area (Å²) in [5.74, 6) is 1.36. The molecule has 0 bridgehead atoms. The van der Waals surface area contributed by atoms with E-state index in [1.54, 1.807) is 6.07 Å². The molecule has 0 amide bonds. The normalized spacial score (nSPS) is 16.6. The largest absolute Gasteiger partial charge is 0.490 e. The van der Waals surface area contributed by atoms with E-state index >= 15 is 0 Å². The summed E-state index contributed by atoms with van der Waals surface area (Å²) in [6.07, 6.45) is 0.630. The molecule has 0 spiro atoms. The number of hydrogen-bond acceptors (Lipinski definition) is 2. The summed E-state index contributed by atoms with van der Waals surface area (Å²) in [5.41, 5.74) is 2.08. The van der Waals surface area contributed by atoms with E-state index in [0.29, 0.717) is 13.0 Å². The summed E-state index contributed by atoms with van der Waals surface area (Å²) in [7, 11) is 0. The highest BCUT2D eigenvalue weighted by atomic mass is 79.9. The lowest BCUT2D eigenvalue weighted by Crippen LogP contribution is -2.22. The highest BCUT2D eigenvalue weighted by Gasteiger charge is 2.23. The summed E-state index contributed by atoms with van der Waals surface area (Å²) in [6.45, 7) is 0.460. The first-order valence-corrected chi connectivity index (χ1v) is 7.59. The Morgan fingerprint density at radius 2 is 2.15 bits per heavy atom. The first-order valence-electron chi connectivity index (χ1n) is 6.47. The first kappa shape index (κ1) is 13.4. The van der Waals surface area contributed by atoms with Crippen molar-refractivity contribution in [3.8, 4) is 11.5 Å². The van der Waals surface area contributed by atoms with Crippen molar-refractivity contribution >= 4 is 15.9 Å². The van der Waals surface area contributed by atoms with Crippen molar-refractivity contribution in [3.05, 3.63) is 59.4 Å². The van der Waals surface area contributed by atoms with Crippen LogP contribution in [0.4, 0.5) is 4.39 Å². The zero-order valence-corrected chi connectivity index (χ0v) is 12.4. The van der Waals surface area contributed by atoms with E-state index in [1.807, 2.05) is 24.3 Å². The van der Waals surface area contributed by atoms with Gasteiger partial charge in [0.2, 0.25) is 0 Å². The van der Waals surface area contributed by atoms with Crippen molar-refractivity contribution in [2.75, 3.05) is 6.61 Å². The van der Waals surface area contributed by atoms with Crippen LogP contribution in [0.3, 0.4) is 0 Å². The van der Waals surface area contributed by atoms with Crippen LogP contribution in [0.15, 0.2) is 42.5 Å². The maximum absolute atomic E-state index is 13.1. The fraction of sp³-hybridized carbons (Fsp3) is 0.250. The van der Waals surface area contributed by atoms with Crippen LogP contribution in [-0.2, 0) is 11.8 Å². The summed E-state index contributed by atoms with van der Waals surface area (Å²) in [6, 6.07) is 12.5. The van der Waals surface area contributed by atoms with Gasteiger partial charge >= 0.3 is 0 Å². The molecule has 0 aliphatic carbocycles. The topological polar surface area (TPSA) is 18.5 Å². The molecule has 0 radical (unpaired) electrons. The van der Waals surface area contributed by atoms with Crippen molar-refractivity contribution in [2.45, 2.75) is 17.9 Å². The second kappa shape index (κ2) is 5.83. The molecule has 2 aromatic carbocycles. The van der Waals surface area contributed by atoms with Crippen molar-refractivity contribution < 1.29 is 13.9 Å². The fourth-order valence-electron chi connectivity index (χ4n) is 2.29. The van der Waals surface area contributed by atoms with Gasteiger partial charge in [-0.25, -0.2) is 4.39 Å². The Morgan fingerprint density at radius 1 is 1.25 bits per heavy atom. The van der Waals surface area contributed by atoms with Crippen LogP contribution in [-0.4, -0.2) is 12.7 Å². The van der Waals surface area contributed by atoms with E-state index in [0.717, 1.165) is 22.4 Å². The van der Waals surface area contributed by atoms with Crippen LogP contribution < -0.4 is 9.47 Å². The number of fused-ring (bicyclic) bond motifs is 1. The number of hydrogen-bond donors (Lipinski definition) is 0. The minimum atomic E-state index is -0.223. The molecule has 1 aliphatic heterocycles. The molecular formula is C16H14BrFO2. The molecule has 1 heterocycles. The third-order valence-electron chi connectivity index (χ3n) is 3.25. The molecule has 0 fully saturated rings. The zero-order chi connectivity index (χ0) is 13.9. The molecule has 20 heavy (non-hydrogen) atoms. The quantitative estimate of drug-likeness (QED) is 0.782. The third kappa shape index (κ3) is 2.96. The van der Waals surface area contributed by atoms with Gasteiger partial charge in [0.25, 0.3) is 0 Å². The van der Waals surface area contributed by atoms with Gasteiger partial charge in [0.15, 0.2) is 0 Å². The van der Waals surface area contributed by atoms with Gasteiger partial charge in [-0.15, -0.1) is 0 Å². The van der Waals surface area contributed by atoms with Crippen LogP contribution in [0.2, 0.25) is 0 Å². The van der Waals surface area contributed by atoms with Crippen molar-refractivity contribution in [1.82, 2.24) is 0 Å². The van der Waals surface area contributed by atoms with E-state index in [1.165, 1.54) is 17.7 Å². The van der Waals surface area contributed by atoms with Gasteiger partial charge < -0.3 is 9.47 Å². The SMILES string of the molecule is Fc1ccc2c(c1)CC(COc1cccc(CBr)c1)O2. The predicted molar refractivity (Wildman–Crippen MR) is 79.1 cm³/mol. The third-order valence-corrected chi connectivity index (χ3v) is 3.90. The Hall–Kier alpha value is -1.55. The minimum Gasteiger partial charge on any atom is -0.490 e. The second-order valence-corrected chi connectivity index (χ2v) is 5.35. The molecule has 1 atom stereocenters. The van der Waals surface area contributed by atoms with Gasteiger partial charge in [-0.05, 0) is 35.9 Å². The number of ether oxygens (including phenoxy) is 2. The number of rotatable bonds is 4. The molecular weight excluding hydrogens is 323 g/mol. The van der Waals surface area contributed by atoms with Crippen LogP contribution in [0, 0.1) is 5.82 Å². The predicted octanol–water partition coefficient (Wildman–Crippen LogP) is 4.10. The van der Waals surface area contributed by atoms with E-state index in [9.17, 15) is 4.39 Å². The van der Waals surface area contributed by atoms with Crippen molar-refractivity contribution in [3.63, 3.8) is 0 Å². The van der Waals surface area contributed by atoms with Crippen molar-refractivity contribution in [2.24, 2.45) is 0 Å². The molecule has 0 saturated heterocycles. The molecule has 1 unspecified atom stereocenters.